The molecule has 0 radical (unpaired) electrons. The molecule has 0 amide bonds. The smallest absolute Gasteiger partial charge is 0.497 e. The zero-order valence-corrected chi connectivity index (χ0v) is 5.53. The van der Waals surface area contributed by atoms with Crippen LogP contribution >= 0.6 is 0 Å². The zero-order valence-electron chi connectivity index (χ0n) is 5.53. The molecular formula is C3H2BF4N4-. The van der Waals surface area contributed by atoms with Gasteiger partial charge >= 0.3 is 13.1 Å². The molecule has 1 heterocycles. The molecule has 0 aromatic heterocycles. The lowest BCUT2D eigenvalue weighted by Crippen LogP contribution is -2.02. The Morgan fingerprint density at radius 1 is 1.33 bits per heavy atom. The van der Waals surface area contributed by atoms with Crippen LogP contribution in [-0.2, 0) is 0 Å². The van der Waals surface area contributed by atoms with Gasteiger partial charge in [0.1, 0.15) is 0 Å². The van der Waals surface area contributed by atoms with Gasteiger partial charge in [0.15, 0.2) is 0 Å². The molecule has 0 bridgehead atoms. The second-order valence-corrected chi connectivity index (χ2v) is 1.48. The van der Waals surface area contributed by atoms with Crippen molar-refractivity contribution >= 4 is 13.1 Å². The highest BCUT2D eigenvalue weighted by atomic mass is 19.5. The van der Waals surface area contributed by atoms with E-state index in [1.165, 1.54) is 12.3 Å². The number of rotatable bonds is 0. The Bertz CT molecular complexity index is 230. The molecule has 1 rings (SSSR count). The van der Waals surface area contributed by atoms with Crippen molar-refractivity contribution in [1.82, 2.24) is 0 Å². The topological polar surface area (TPSA) is 61.1 Å². The van der Waals surface area contributed by atoms with E-state index in [0.717, 1.165) is 0 Å². The first-order valence-electron chi connectivity index (χ1n) is 2.60. The molecule has 1 aliphatic heterocycles. The maximum atomic E-state index is 9.75. The molecule has 0 aliphatic carbocycles. The minimum Gasteiger partial charge on any atom is -0.497 e. The highest BCUT2D eigenvalue weighted by Gasteiger charge is 2.20. The lowest BCUT2D eigenvalue weighted by atomic mass is 10.3. The number of azo groups is 1. The Kier molecular flexibility index (Phi) is 3.85. The van der Waals surface area contributed by atoms with E-state index >= 15 is 0 Å². The Balaban J connectivity index is 0.000000217. The first-order valence-corrected chi connectivity index (χ1v) is 2.60. The van der Waals surface area contributed by atoms with E-state index in [9.17, 15) is 17.3 Å². The lowest BCUT2D eigenvalue weighted by Gasteiger charge is -1.94. The molecule has 0 unspecified atom stereocenters. The molecule has 0 N–H and O–H groups in total. The second kappa shape index (κ2) is 4.40. The van der Waals surface area contributed by atoms with Crippen molar-refractivity contribution in [1.29, 1.82) is 0 Å². The minimum atomic E-state index is -6.00. The van der Waals surface area contributed by atoms with E-state index in [1.54, 1.807) is 0 Å². The van der Waals surface area contributed by atoms with Crippen molar-refractivity contribution in [3.63, 3.8) is 0 Å². The molecule has 9 heteroatoms. The maximum Gasteiger partial charge on any atom is 0.673 e. The SMILES string of the molecule is F[B-](F)(F)F.[N-]=[N+]=C1C=CN=N1. The van der Waals surface area contributed by atoms with Crippen molar-refractivity contribution in [2.45, 2.75) is 0 Å². The average molecular weight is 181 g/mol. The standard InChI is InChI=1S/C3H2N4.BF4/c4-6-3-1-2-5-7-3;2-1(3,4)5/h1-2H;/q;-1. The summed E-state index contributed by atoms with van der Waals surface area (Å²) in [5.74, 6) is 0.250. The Labute approximate surface area is 64.3 Å². The summed E-state index contributed by atoms with van der Waals surface area (Å²) in [7, 11) is -6.00. The van der Waals surface area contributed by atoms with Crippen LogP contribution in [0.3, 0.4) is 0 Å². The van der Waals surface area contributed by atoms with E-state index in [4.69, 9.17) is 5.53 Å². The minimum absolute atomic E-state index is 0.250. The third-order valence-corrected chi connectivity index (χ3v) is 0.553. The number of nitrogens with zero attached hydrogens (tertiary/aromatic N) is 4. The predicted molar refractivity (Wildman–Crippen MR) is 32.8 cm³/mol. The Morgan fingerprint density at radius 3 is 2.00 bits per heavy atom. The molecule has 0 saturated carbocycles. The third kappa shape index (κ3) is 8.50. The fraction of sp³-hybridized carbons (Fsp3) is 0. The number of halogens is 4. The average Bonchev–Trinajstić information content (AvgIpc) is 2.33. The van der Waals surface area contributed by atoms with E-state index in [1.807, 2.05) is 0 Å². The summed E-state index contributed by atoms with van der Waals surface area (Å²) in [5.41, 5.74) is 7.95. The normalized spacial score (nSPS) is 13.8. The Morgan fingerprint density at radius 2 is 1.83 bits per heavy atom. The monoisotopic (exact) mass is 181 g/mol. The van der Waals surface area contributed by atoms with Crippen LogP contribution in [0.5, 0.6) is 0 Å². The van der Waals surface area contributed by atoms with Gasteiger partial charge in [-0.15, -0.1) is 0 Å². The van der Waals surface area contributed by atoms with Gasteiger partial charge in [0.25, 0.3) is 0 Å². The van der Waals surface area contributed by atoms with Crippen molar-refractivity contribution in [2.75, 3.05) is 0 Å². The molecule has 0 spiro atoms. The first-order chi connectivity index (χ1) is 5.43. The first kappa shape index (κ1) is 10.5. The van der Waals surface area contributed by atoms with E-state index < -0.39 is 7.25 Å². The fourth-order valence-electron chi connectivity index (χ4n) is 0.279. The van der Waals surface area contributed by atoms with E-state index in [2.05, 4.69) is 15.0 Å². The predicted octanol–water partition coefficient (Wildman–Crippen LogP) is 1.89. The molecular weight excluding hydrogens is 179 g/mol. The van der Waals surface area contributed by atoms with E-state index in [-0.39, 0.29) is 5.84 Å². The largest absolute Gasteiger partial charge is 0.673 e. The van der Waals surface area contributed by atoms with Gasteiger partial charge in [-0.3, -0.25) is 0 Å². The summed E-state index contributed by atoms with van der Waals surface area (Å²) < 4.78 is 39.0. The highest BCUT2D eigenvalue weighted by molar-refractivity contribution is 6.50. The van der Waals surface area contributed by atoms with Crippen LogP contribution in [0, 0.1) is 0 Å². The maximum absolute atomic E-state index is 9.75. The molecule has 0 aromatic carbocycles. The van der Waals surface area contributed by atoms with Crippen LogP contribution in [0.2, 0.25) is 0 Å². The van der Waals surface area contributed by atoms with Gasteiger partial charge < -0.3 is 27.6 Å². The quantitative estimate of drug-likeness (QED) is 0.237. The van der Waals surface area contributed by atoms with Crippen LogP contribution < -0.4 is 0 Å². The van der Waals surface area contributed by atoms with Crippen LogP contribution in [0.15, 0.2) is 22.5 Å². The second-order valence-electron chi connectivity index (χ2n) is 1.48. The summed E-state index contributed by atoms with van der Waals surface area (Å²) in [4.78, 5) is 2.76. The summed E-state index contributed by atoms with van der Waals surface area (Å²) >= 11 is 0. The van der Waals surface area contributed by atoms with Crippen LogP contribution in [0.25, 0.3) is 5.53 Å². The van der Waals surface area contributed by atoms with E-state index in [0.29, 0.717) is 0 Å². The van der Waals surface area contributed by atoms with Crippen molar-refractivity contribution in [3.8, 4) is 0 Å². The molecule has 0 aromatic rings. The number of hydrogen-bond donors (Lipinski definition) is 0. The molecule has 1 aliphatic rings. The van der Waals surface area contributed by atoms with Gasteiger partial charge in [0.2, 0.25) is 0 Å². The summed E-state index contributed by atoms with van der Waals surface area (Å²) in [6, 6.07) is 0. The van der Waals surface area contributed by atoms with Gasteiger partial charge in [-0.1, -0.05) is 0 Å². The van der Waals surface area contributed by atoms with Crippen LogP contribution in [0.1, 0.15) is 0 Å². The highest BCUT2D eigenvalue weighted by Crippen LogP contribution is 2.06. The van der Waals surface area contributed by atoms with Gasteiger partial charge in [-0.2, -0.15) is 0 Å². The summed E-state index contributed by atoms with van der Waals surface area (Å²) in [5, 5.41) is 6.76. The number of hydrogen-bond acceptors (Lipinski definition) is 1. The van der Waals surface area contributed by atoms with Gasteiger partial charge in [-0.05, 0) is 5.11 Å². The molecule has 0 saturated heterocycles. The fourth-order valence-corrected chi connectivity index (χ4v) is 0.279. The zero-order chi connectivity index (χ0) is 9.61. The van der Waals surface area contributed by atoms with Gasteiger partial charge in [-0.25, -0.2) is 0 Å². The van der Waals surface area contributed by atoms with Gasteiger partial charge in [0.05, 0.1) is 17.4 Å². The lowest BCUT2D eigenvalue weighted by molar-refractivity contribution is -0.00491. The van der Waals surface area contributed by atoms with Gasteiger partial charge in [0, 0.05) is 0 Å². The molecule has 66 valence electrons. The molecule has 0 atom stereocenters. The van der Waals surface area contributed by atoms with Crippen molar-refractivity contribution in [3.05, 3.63) is 17.8 Å². The van der Waals surface area contributed by atoms with Crippen LogP contribution in [-0.4, -0.2) is 17.9 Å². The summed E-state index contributed by atoms with van der Waals surface area (Å²) in [6.07, 6.45) is 2.95. The van der Waals surface area contributed by atoms with Crippen molar-refractivity contribution in [2.24, 2.45) is 10.2 Å². The number of amidine groups is 1. The third-order valence-electron chi connectivity index (χ3n) is 0.553. The summed E-state index contributed by atoms with van der Waals surface area (Å²) in [6.45, 7) is 0. The molecule has 12 heavy (non-hydrogen) atoms. The Hall–Kier alpha value is -1.50. The molecule has 0 fully saturated rings. The van der Waals surface area contributed by atoms with Crippen LogP contribution in [0.4, 0.5) is 17.3 Å². The van der Waals surface area contributed by atoms with Crippen molar-refractivity contribution < 1.29 is 22.1 Å². The molecule has 4 nitrogen and oxygen atoms in total.